The molecule has 1 aromatic heterocycles. The van der Waals surface area contributed by atoms with Gasteiger partial charge in [0, 0.05) is 31.1 Å². The first kappa shape index (κ1) is 25.9. The van der Waals surface area contributed by atoms with Crippen LogP contribution >= 0.6 is 11.3 Å². The second kappa shape index (κ2) is 9.57. The van der Waals surface area contributed by atoms with Crippen molar-refractivity contribution in [1.82, 2.24) is 9.62 Å². The summed E-state index contributed by atoms with van der Waals surface area (Å²) in [7, 11) is -7.87. The van der Waals surface area contributed by atoms with E-state index in [9.17, 15) is 30.8 Å². The van der Waals surface area contributed by atoms with E-state index in [0.717, 1.165) is 36.9 Å². The smallest absolute Gasteiger partial charge is 0.287 e. The first-order chi connectivity index (χ1) is 17.4. The maximum absolute atomic E-state index is 13.7. The molecule has 2 fully saturated rings. The van der Waals surface area contributed by atoms with Crippen LogP contribution in [0.4, 0.5) is 9.39 Å². The van der Waals surface area contributed by atoms with Gasteiger partial charge in [-0.15, -0.1) is 15.7 Å². The fourth-order valence-corrected chi connectivity index (χ4v) is 7.98. The lowest BCUT2D eigenvalue weighted by molar-refractivity contribution is -0.149. The number of carbonyl (C=O) groups is 2. The highest BCUT2D eigenvalue weighted by Crippen LogP contribution is 2.41. The molecule has 3 heterocycles. The molecule has 2 aliphatic heterocycles. The second-order valence-corrected chi connectivity index (χ2v) is 13.8. The van der Waals surface area contributed by atoms with E-state index in [1.165, 1.54) is 17.5 Å². The number of ketones is 1. The number of hydrogen-bond acceptors (Lipinski definition) is 8. The number of nitrogens with zero attached hydrogens (tertiary/aromatic N) is 2. The van der Waals surface area contributed by atoms with Crippen LogP contribution in [0.5, 0.6) is 0 Å². The molecule has 37 heavy (non-hydrogen) atoms. The number of rotatable bonds is 7. The zero-order valence-electron chi connectivity index (χ0n) is 19.8. The summed E-state index contributed by atoms with van der Waals surface area (Å²) in [6.07, 6.45) is 3.84. The van der Waals surface area contributed by atoms with E-state index in [-0.39, 0.29) is 52.8 Å². The molecule has 2 aromatic rings. The fraction of sp³-hybridized carbons (Fsp3) is 0.435. The quantitative estimate of drug-likeness (QED) is 0.488. The number of sulfonamides is 2. The Morgan fingerprint density at radius 2 is 1.92 bits per heavy atom. The molecular weight excluding hydrogens is 543 g/mol. The van der Waals surface area contributed by atoms with E-state index in [0.29, 0.717) is 5.56 Å². The summed E-state index contributed by atoms with van der Waals surface area (Å²) in [4.78, 5) is 28.4. The number of amidine groups is 1. The molecule has 0 bridgehead atoms. The van der Waals surface area contributed by atoms with Crippen molar-refractivity contribution in [2.24, 2.45) is 16.2 Å². The lowest BCUT2D eigenvalue weighted by Gasteiger charge is -2.45. The van der Waals surface area contributed by atoms with Gasteiger partial charge in [0.15, 0.2) is 11.7 Å². The molecule has 1 aliphatic carbocycles. The Morgan fingerprint density at radius 3 is 2.54 bits per heavy atom. The van der Waals surface area contributed by atoms with Gasteiger partial charge < -0.3 is 10.2 Å². The average Bonchev–Trinajstić information content (AvgIpc) is 3.18. The summed E-state index contributed by atoms with van der Waals surface area (Å²) >= 11 is 1.02. The summed E-state index contributed by atoms with van der Waals surface area (Å²) in [6.45, 7) is -0.0815. The van der Waals surface area contributed by atoms with Crippen LogP contribution < -0.4 is 10.0 Å². The van der Waals surface area contributed by atoms with E-state index in [1.54, 1.807) is 17.0 Å². The number of halogens is 1. The van der Waals surface area contributed by atoms with Gasteiger partial charge in [0.2, 0.25) is 15.9 Å². The summed E-state index contributed by atoms with van der Waals surface area (Å²) in [5, 5.41) is 4.52. The van der Waals surface area contributed by atoms with Crippen LogP contribution in [0.1, 0.15) is 36.8 Å². The average molecular weight is 569 g/mol. The maximum Gasteiger partial charge on any atom is 0.287 e. The predicted octanol–water partition coefficient (Wildman–Crippen LogP) is 2.24. The van der Waals surface area contributed by atoms with Gasteiger partial charge in [-0.05, 0) is 41.8 Å². The van der Waals surface area contributed by atoms with Crippen molar-refractivity contribution in [3.05, 3.63) is 46.6 Å². The predicted molar refractivity (Wildman–Crippen MR) is 135 cm³/mol. The number of benzene rings is 1. The topological polar surface area (TPSA) is 142 Å². The van der Waals surface area contributed by atoms with E-state index in [1.807, 2.05) is 0 Å². The summed E-state index contributed by atoms with van der Waals surface area (Å²) in [6, 6.07) is 5.45. The molecule has 1 saturated heterocycles. The van der Waals surface area contributed by atoms with E-state index in [4.69, 9.17) is 0 Å². The van der Waals surface area contributed by atoms with Crippen molar-refractivity contribution in [1.29, 1.82) is 0 Å². The number of amides is 1. The normalized spacial score (nSPS) is 23.7. The minimum absolute atomic E-state index is 0.0733. The number of Topliss-reactive ketones (excluding diaryl/α,β-unsaturated/α-hetero) is 1. The van der Waals surface area contributed by atoms with Crippen LogP contribution in [0.3, 0.4) is 0 Å². The Kier molecular flexibility index (Phi) is 6.71. The Morgan fingerprint density at radius 1 is 1.22 bits per heavy atom. The van der Waals surface area contributed by atoms with Crippen molar-refractivity contribution in [3.63, 3.8) is 0 Å². The van der Waals surface area contributed by atoms with Crippen LogP contribution in [0.2, 0.25) is 0 Å². The molecular formula is C23H25FN4O6S3. The minimum Gasteiger partial charge on any atom is -0.334 e. The monoisotopic (exact) mass is 568 g/mol. The molecule has 3 aliphatic rings. The molecule has 2 N–H and O–H groups in total. The third kappa shape index (κ3) is 5.19. The molecule has 198 valence electrons. The van der Waals surface area contributed by atoms with Gasteiger partial charge in [-0.2, -0.15) is 8.42 Å². The number of hydrogen-bond donors (Lipinski definition) is 2. The molecule has 5 rings (SSSR count). The largest absolute Gasteiger partial charge is 0.334 e. The van der Waals surface area contributed by atoms with Crippen molar-refractivity contribution in [3.8, 4) is 0 Å². The highest BCUT2D eigenvalue weighted by Gasteiger charge is 2.48. The van der Waals surface area contributed by atoms with Gasteiger partial charge in [0.25, 0.3) is 10.0 Å². The van der Waals surface area contributed by atoms with Gasteiger partial charge in [0.1, 0.15) is 21.5 Å². The van der Waals surface area contributed by atoms with Gasteiger partial charge in [-0.3, -0.25) is 9.59 Å². The van der Waals surface area contributed by atoms with E-state index < -0.39 is 43.5 Å². The van der Waals surface area contributed by atoms with Gasteiger partial charge in [0.05, 0.1) is 6.26 Å². The van der Waals surface area contributed by atoms with Crippen molar-refractivity contribution in [2.45, 2.75) is 49.7 Å². The second-order valence-electron chi connectivity index (χ2n) is 9.54. The Labute approximate surface area is 218 Å². The van der Waals surface area contributed by atoms with Crippen molar-refractivity contribution < 1.29 is 30.8 Å². The summed E-state index contributed by atoms with van der Waals surface area (Å²) in [5.41, 5.74) is 0.909. The molecule has 10 nitrogen and oxygen atoms in total. The Balaban J connectivity index is 1.45. The number of anilines is 1. The first-order valence-electron chi connectivity index (χ1n) is 11.7. The third-order valence-corrected chi connectivity index (χ3v) is 10.1. The molecule has 0 radical (unpaired) electrons. The van der Waals surface area contributed by atoms with Gasteiger partial charge >= 0.3 is 0 Å². The SMILES string of the molecule is CS(=O)(=O)NCc1csc2c1S(=O)(=O)N=C(C1C(=O)CC(C3CCC3)N(Cc3ccc(F)cc3)C1=O)N2. The fourth-order valence-electron chi connectivity index (χ4n) is 4.92. The zero-order valence-corrected chi connectivity index (χ0v) is 22.3. The van der Waals surface area contributed by atoms with Crippen LogP contribution in [0.15, 0.2) is 38.9 Å². The van der Waals surface area contributed by atoms with Crippen molar-refractivity contribution in [2.75, 3.05) is 11.6 Å². The number of piperidine rings is 1. The highest BCUT2D eigenvalue weighted by atomic mass is 32.2. The molecule has 1 saturated carbocycles. The third-order valence-electron chi connectivity index (χ3n) is 6.96. The molecule has 2 unspecified atom stereocenters. The van der Waals surface area contributed by atoms with E-state index >= 15 is 0 Å². The maximum atomic E-state index is 13.7. The Bertz CT molecular complexity index is 1500. The summed E-state index contributed by atoms with van der Waals surface area (Å²) < 4.78 is 68.6. The van der Waals surface area contributed by atoms with Crippen LogP contribution in [0, 0.1) is 17.7 Å². The minimum atomic E-state index is -4.31. The zero-order chi connectivity index (χ0) is 26.5. The number of nitrogens with one attached hydrogen (secondary N) is 2. The standard InChI is InChI=1S/C23H25FN4O6S3/c1-36(31,32)25-10-15-12-35-22-20(15)37(33,34)27-21(26-22)19-18(29)9-17(14-3-2-4-14)28(23(19)30)11-13-5-7-16(24)8-6-13/h5-8,12,14,17,19,25H,2-4,9-11H2,1H3,(H,26,27). The van der Waals surface area contributed by atoms with Gasteiger partial charge in [-0.25, -0.2) is 17.5 Å². The number of thiophene rings is 1. The Hall–Kier alpha value is -2.68. The lowest BCUT2D eigenvalue weighted by atomic mass is 9.74. The number of fused-ring (bicyclic) bond motifs is 1. The number of likely N-dealkylation sites (tertiary alicyclic amines) is 1. The van der Waals surface area contributed by atoms with Crippen LogP contribution in [-0.2, 0) is 42.7 Å². The number of carbonyl (C=O) groups excluding carboxylic acids is 2. The molecule has 14 heteroatoms. The first-order valence-corrected chi connectivity index (χ1v) is 15.9. The molecule has 1 aromatic carbocycles. The molecule has 0 spiro atoms. The van der Waals surface area contributed by atoms with Crippen molar-refractivity contribution >= 4 is 53.9 Å². The van der Waals surface area contributed by atoms with Gasteiger partial charge in [-0.1, -0.05) is 18.6 Å². The van der Waals surface area contributed by atoms with Crippen LogP contribution in [0.25, 0.3) is 0 Å². The highest BCUT2D eigenvalue weighted by molar-refractivity contribution is 7.91. The molecule has 2 atom stereocenters. The van der Waals surface area contributed by atoms with Crippen LogP contribution in [-0.4, -0.2) is 51.6 Å². The van der Waals surface area contributed by atoms with E-state index in [2.05, 4.69) is 14.4 Å². The lowest BCUT2D eigenvalue weighted by Crippen LogP contribution is -2.58. The molecule has 1 amide bonds. The summed E-state index contributed by atoms with van der Waals surface area (Å²) in [5.74, 6) is -2.85.